The van der Waals surface area contributed by atoms with Crippen molar-refractivity contribution in [2.24, 2.45) is 5.73 Å². The summed E-state index contributed by atoms with van der Waals surface area (Å²) in [6, 6.07) is 11.3. The van der Waals surface area contributed by atoms with Gasteiger partial charge in [0.2, 0.25) is 5.91 Å². The molecule has 0 aromatic heterocycles. The van der Waals surface area contributed by atoms with Crippen molar-refractivity contribution in [2.45, 2.75) is 0 Å². The number of carbonyl (C=O) groups excluding carboxylic acids is 3. The van der Waals surface area contributed by atoms with E-state index in [-0.39, 0.29) is 18.8 Å². The van der Waals surface area contributed by atoms with Gasteiger partial charge in [-0.3, -0.25) is 24.5 Å². The van der Waals surface area contributed by atoms with Gasteiger partial charge in [-0.15, -0.1) is 0 Å². The van der Waals surface area contributed by atoms with Crippen LogP contribution in [0.4, 0.5) is 11.4 Å². The fraction of sp³-hybridized carbons (Fsp3) is 0.118. The van der Waals surface area contributed by atoms with Crippen LogP contribution in [-0.4, -0.2) is 35.8 Å². The van der Waals surface area contributed by atoms with E-state index in [4.69, 9.17) is 10.5 Å². The second kappa shape index (κ2) is 8.94. The normalized spacial score (nSPS) is 9.93. The molecule has 0 bridgehead atoms. The van der Waals surface area contributed by atoms with Gasteiger partial charge in [-0.1, -0.05) is 0 Å². The summed E-state index contributed by atoms with van der Waals surface area (Å²) in [7, 11) is 0. The molecule has 4 N–H and O–H groups in total. The van der Waals surface area contributed by atoms with Crippen molar-refractivity contribution in [1.29, 1.82) is 0 Å². The van der Waals surface area contributed by atoms with Crippen LogP contribution in [-0.2, 0) is 9.59 Å². The van der Waals surface area contributed by atoms with Gasteiger partial charge in [-0.05, 0) is 36.4 Å². The molecule has 0 saturated carbocycles. The van der Waals surface area contributed by atoms with Crippen molar-refractivity contribution in [3.05, 3.63) is 64.2 Å². The summed E-state index contributed by atoms with van der Waals surface area (Å²) >= 11 is 0. The van der Waals surface area contributed by atoms with Gasteiger partial charge < -0.3 is 21.1 Å². The molecule has 0 saturated heterocycles. The third kappa shape index (κ3) is 6.12. The minimum atomic E-state index is -0.653. The first-order valence-electron chi connectivity index (χ1n) is 7.69. The Bertz CT molecular complexity index is 849. The lowest BCUT2D eigenvalue weighted by molar-refractivity contribution is -0.384. The van der Waals surface area contributed by atoms with E-state index in [0.717, 1.165) is 0 Å². The molecule has 0 heterocycles. The molecular formula is C17H16N4O6. The van der Waals surface area contributed by atoms with Crippen molar-refractivity contribution < 1.29 is 24.0 Å². The minimum Gasteiger partial charge on any atom is -0.484 e. The molecule has 10 heteroatoms. The molecule has 0 radical (unpaired) electrons. The van der Waals surface area contributed by atoms with Crippen molar-refractivity contribution in [2.75, 3.05) is 18.5 Å². The number of nitro groups is 1. The van der Waals surface area contributed by atoms with E-state index in [9.17, 15) is 24.5 Å². The number of carbonyl (C=O) groups is 3. The zero-order valence-corrected chi connectivity index (χ0v) is 14.0. The zero-order chi connectivity index (χ0) is 19.8. The van der Waals surface area contributed by atoms with Gasteiger partial charge in [0.15, 0.2) is 6.61 Å². The summed E-state index contributed by atoms with van der Waals surface area (Å²) in [5.41, 5.74) is 5.61. The quantitative estimate of drug-likeness (QED) is 0.460. The van der Waals surface area contributed by atoms with E-state index in [2.05, 4.69) is 10.6 Å². The summed E-state index contributed by atoms with van der Waals surface area (Å²) in [5.74, 6) is -1.25. The van der Waals surface area contributed by atoms with Crippen LogP contribution < -0.4 is 21.1 Å². The summed E-state index contributed by atoms with van der Waals surface area (Å²) in [6.07, 6.45) is 0. The third-order valence-electron chi connectivity index (χ3n) is 3.27. The van der Waals surface area contributed by atoms with E-state index >= 15 is 0 Å². The highest BCUT2D eigenvalue weighted by atomic mass is 16.6. The van der Waals surface area contributed by atoms with Crippen LogP contribution in [0.2, 0.25) is 0 Å². The van der Waals surface area contributed by atoms with Gasteiger partial charge in [-0.25, -0.2) is 0 Å². The minimum absolute atomic E-state index is 0.0771. The summed E-state index contributed by atoms with van der Waals surface area (Å²) in [6.45, 7) is -0.560. The number of ether oxygens (including phenoxy) is 1. The van der Waals surface area contributed by atoms with Crippen LogP contribution in [0.1, 0.15) is 10.4 Å². The average Bonchev–Trinajstić information content (AvgIpc) is 2.65. The molecule has 0 fully saturated rings. The summed E-state index contributed by atoms with van der Waals surface area (Å²) in [5, 5.41) is 15.5. The Kier molecular flexibility index (Phi) is 6.42. The molecular weight excluding hydrogens is 356 g/mol. The zero-order valence-electron chi connectivity index (χ0n) is 14.0. The lowest BCUT2D eigenvalue weighted by Gasteiger charge is -2.08. The van der Waals surface area contributed by atoms with Crippen LogP contribution in [0.5, 0.6) is 5.75 Å². The number of benzene rings is 2. The highest BCUT2D eigenvalue weighted by Gasteiger charge is 2.09. The van der Waals surface area contributed by atoms with E-state index in [1.807, 2.05) is 0 Å². The summed E-state index contributed by atoms with van der Waals surface area (Å²) < 4.78 is 5.25. The number of nitro benzene ring substituents is 1. The lowest BCUT2D eigenvalue weighted by Crippen LogP contribution is -2.33. The fourth-order valence-corrected chi connectivity index (χ4v) is 1.98. The Morgan fingerprint density at radius 3 is 2.22 bits per heavy atom. The van der Waals surface area contributed by atoms with E-state index < -0.39 is 22.6 Å². The number of hydrogen-bond donors (Lipinski definition) is 3. The SMILES string of the molecule is NC(=O)CNC(=O)c1ccc(NC(=O)COc2ccc([N+](=O)[O-])cc2)cc1. The largest absolute Gasteiger partial charge is 0.484 e. The van der Waals surface area contributed by atoms with Crippen LogP contribution >= 0.6 is 0 Å². The van der Waals surface area contributed by atoms with Gasteiger partial charge in [0.05, 0.1) is 11.5 Å². The Hall–Kier alpha value is -3.95. The number of rotatable bonds is 8. The highest BCUT2D eigenvalue weighted by Crippen LogP contribution is 2.17. The van der Waals surface area contributed by atoms with Gasteiger partial charge in [0, 0.05) is 23.4 Å². The van der Waals surface area contributed by atoms with E-state index in [1.54, 1.807) is 0 Å². The molecule has 2 aromatic rings. The fourth-order valence-electron chi connectivity index (χ4n) is 1.98. The van der Waals surface area contributed by atoms with E-state index in [0.29, 0.717) is 17.0 Å². The van der Waals surface area contributed by atoms with Crippen LogP contribution in [0, 0.1) is 10.1 Å². The molecule has 0 aliphatic carbocycles. The maximum Gasteiger partial charge on any atom is 0.269 e. The average molecular weight is 372 g/mol. The maximum atomic E-state index is 11.9. The molecule has 10 nitrogen and oxygen atoms in total. The van der Waals surface area contributed by atoms with Crippen molar-refractivity contribution in [1.82, 2.24) is 5.32 Å². The molecule has 2 rings (SSSR count). The van der Waals surface area contributed by atoms with Gasteiger partial charge >= 0.3 is 0 Å². The number of nitrogens with two attached hydrogens (primary N) is 1. The van der Waals surface area contributed by atoms with Crippen molar-refractivity contribution in [3.63, 3.8) is 0 Å². The standard InChI is InChI=1S/C17H16N4O6/c18-15(22)9-19-17(24)11-1-3-12(4-2-11)20-16(23)10-27-14-7-5-13(6-8-14)21(25)26/h1-8H,9-10H2,(H2,18,22)(H,19,24)(H,20,23). The second-order valence-corrected chi connectivity index (χ2v) is 5.31. The molecule has 140 valence electrons. The van der Waals surface area contributed by atoms with E-state index in [1.165, 1.54) is 48.5 Å². The topological polar surface area (TPSA) is 154 Å². The Labute approximate surface area is 153 Å². The Morgan fingerprint density at radius 2 is 1.67 bits per heavy atom. The van der Waals surface area contributed by atoms with Crippen molar-refractivity contribution >= 4 is 29.1 Å². The van der Waals surface area contributed by atoms with Crippen LogP contribution in [0.3, 0.4) is 0 Å². The number of nitrogens with one attached hydrogen (secondary N) is 2. The number of nitrogens with zero attached hydrogens (tertiary/aromatic N) is 1. The second-order valence-electron chi connectivity index (χ2n) is 5.31. The lowest BCUT2D eigenvalue weighted by atomic mass is 10.2. The molecule has 0 aliphatic heterocycles. The maximum absolute atomic E-state index is 11.9. The first-order valence-corrected chi connectivity index (χ1v) is 7.69. The first-order chi connectivity index (χ1) is 12.8. The molecule has 0 atom stereocenters. The highest BCUT2D eigenvalue weighted by molar-refractivity contribution is 5.97. The number of hydrogen-bond acceptors (Lipinski definition) is 6. The summed E-state index contributed by atoms with van der Waals surface area (Å²) in [4.78, 5) is 44.3. The van der Waals surface area contributed by atoms with Gasteiger partial charge in [0.25, 0.3) is 17.5 Å². The molecule has 0 spiro atoms. The van der Waals surface area contributed by atoms with Gasteiger partial charge in [-0.2, -0.15) is 0 Å². The molecule has 27 heavy (non-hydrogen) atoms. The molecule has 0 unspecified atom stereocenters. The van der Waals surface area contributed by atoms with Crippen LogP contribution in [0.15, 0.2) is 48.5 Å². The van der Waals surface area contributed by atoms with Crippen LogP contribution in [0.25, 0.3) is 0 Å². The number of amides is 3. The Balaban J connectivity index is 1.83. The Morgan fingerprint density at radius 1 is 1.04 bits per heavy atom. The first kappa shape index (κ1) is 19.4. The third-order valence-corrected chi connectivity index (χ3v) is 3.27. The number of non-ortho nitro benzene ring substituents is 1. The number of primary amides is 1. The monoisotopic (exact) mass is 372 g/mol. The van der Waals surface area contributed by atoms with Gasteiger partial charge in [0.1, 0.15) is 5.75 Å². The number of anilines is 1. The molecule has 0 aliphatic rings. The molecule has 2 aromatic carbocycles. The predicted molar refractivity (Wildman–Crippen MR) is 95.2 cm³/mol. The molecule has 3 amide bonds. The smallest absolute Gasteiger partial charge is 0.269 e. The van der Waals surface area contributed by atoms with Crippen molar-refractivity contribution in [3.8, 4) is 5.75 Å². The predicted octanol–water partition coefficient (Wildman–Crippen LogP) is 0.827.